The average Bonchev–Trinajstić information content (AvgIpc) is 2.68. The second kappa shape index (κ2) is 10.3. The molecule has 2 aromatic rings. The lowest BCUT2D eigenvalue weighted by Gasteiger charge is -2.24. The maximum atomic E-state index is 12.9. The summed E-state index contributed by atoms with van der Waals surface area (Å²) in [6.45, 7) is 3.72. The molecule has 0 aliphatic heterocycles. The number of benzene rings is 2. The number of hydrogen-bond acceptors (Lipinski definition) is 3. The lowest BCUT2D eigenvalue weighted by atomic mass is 10.0. The highest BCUT2D eigenvalue weighted by Crippen LogP contribution is 2.35. The Kier molecular flexibility index (Phi) is 8.14. The Morgan fingerprint density at radius 3 is 2.03 bits per heavy atom. The Hall–Kier alpha value is -2.47. The second-order valence-electron chi connectivity index (χ2n) is 7.31. The number of carboxylic acids is 1. The third-order valence-electron chi connectivity index (χ3n) is 4.36. The van der Waals surface area contributed by atoms with Gasteiger partial charge in [-0.15, -0.1) is 0 Å². The summed E-state index contributed by atoms with van der Waals surface area (Å²) in [6, 6.07) is 14.9. The molecule has 0 aliphatic rings. The zero-order valence-corrected chi connectivity index (χ0v) is 17.4. The molecular weight excluding hydrogens is 391 g/mol. The number of rotatable bonds is 10. The Balaban J connectivity index is 2.25. The molecule has 0 aromatic heterocycles. The molecule has 156 valence electrons. The zero-order chi connectivity index (χ0) is 21.4. The van der Waals surface area contributed by atoms with Gasteiger partial charge < -0.3 is 15.3 Å². The first-order valence-corrected chi connectivity index (χ1v) is 11.1. The third-order valence-corrected chi connectivity index (χ3v) is 6.02. The molecular formula is C21H27N2O5P. The lowest BCUT2D eigenvalue weighted by Crippen LogP contribution is -2.51. The average molecular weight is 418 g/mol. The van der Waals surface area contributed by atoms with E-state index in [1.54, 1.807) is 42.5 Å². The Morgan fingerprint density at radius 1 is 0.966 bits per heavy atom. The largest absolute Gasteiger partial charge is 0.480 e. The zero-order valence-electron chi connectivity index (χ0n) is 16.5. The third kappa shape index (κ3) is 7.13. The van der Waals surface area contributed by atoms with Gasteiger partial charge in [0.2, 0.25) is 5.91 Å². The van der Waals surface area contributed by atoms with Gasteiger partial charge in [0.25, 0.3) is 7.52 Å². The van der Waals surface area contributed by atoms with Gasteiger partial charge in [0.05, 0.1) is 11.3 Å². The van der Waals surface area contributed by atoms with Crippen molar-refractivity contribution in [1.82, 2.24) is 10.4 Å². The standard InChI is InChI=1S/C21H27N2O5P/c1-15(2)13-19(21(25)26)22-20(24)18(14-16-9-5-3-6-10-16)23-29(27,28)17-11-7-4-8-12-17/h3-12,15,18-19H,13-14H2,1-2H3,(H,22,24)(H,25,26)(H2,23,27,28)/t18-,19-/m0/s1. The summed E-state index contributed by atoms with van der Waals surface area (Å²) in [5.74, 6) is -1.71. The van der Waals surface area contributed by atoms with Crippen molar-refractivity contribution in [1.29, 1.82) is 0 Å². The Labute approximate surface area is 170 Å². The number of carboxylic acid groups (broad SMARTS) is 1. The normalized spacial score (nSPS) is 15.3. The highest BCUT2D eigenvalue weighted by atomic mass is 31.2. The summed E-state index contributed by atoms with van der Waals surface area (Å²) in [5, 5.41) is 14.7. The van der Waals surface area contributed by atoms with E-state index < -0.39 is 31.5 Å². The number of carbonyl (C=O) groups is 2. The Bertz CT molecular complexity index is 858. The van der Waals surface area contributed by atoms with Gasteiger partial charge >= 0.3 is 5.97 Å². The van der Waals surface area contributed by atoms with Gasteiger partial charge in [-0.05, 0) is 36.5 Å². The fourth-order valence-corrected chi connectivity index (χ4v) is 4.28. The fraction of sp³-hybridized carbons (Fsp3) is 0.333. The number of nitrogens with one attached hydrogen (secondary N) is 2. The van der Waals surface area contributed by atoms with E-state index in [2.05, 4.69) is 10.4 Å². The first-order valence-electron chi connectivity index (χ1n) is 9.42. The van der Waals surface area contributed by atoms with E-state index in [0.717, 1.165) is 5.56 Å². The van der Waals surface area contributed by atoms with Crippen LogP contribution in [0.25, 0.3) is 0 Å². The van der Waals surface area contributed by atoms with Crippen molar-refractivity contribution in [2.24, 2.45) is 5.92 Å². The molecule has 0 bridgehead atoms. The van der Waals surface area contributed by atoms with Gasteiger partial charge in [0.1, 0.15) is 6.04 Å². The van der Waals surface area contributed by atoms with Crippen LogP contribution in [0.15, 0.2) is 60.7 Å². The first kappa shape index (κ1) is 22.8. The highest BCUT2D eigenvalue weighted by molar-refractivity contribution is 7.64. The van der Waals surface area contributed by atoms with E-state index in [4.69, 9.17) is 0 Å². The molecule has 3 atom stereocenters. The molecule has 0 spiro atoms. The molecule has 1 unspecified atom stereocenters. The van der Waals surface area contributed by atoms with E-state index in [9.17, 15) is 24.2 Å². The molecule has 8 heteroatoms. The summed E-state index contributed by atoms with van der Waals surface area (Å²) in [4.78, 5) is 34.9. The molecule has 7 nitrogen and oxygen atoms in total. The molecule has 1 amide bonds. The van der Waals surface area contributed by atoms with Crippen LogP contribution in [-0.2, 0) is 20.6 Å². The summed E-state index contributed by atoms with van der Waals surface area (Å²) in [5.41, 5.74) is 0.781. The van der Waals surface area contributed by atoms with E-state index in [1.807, 2.05) is 19.9 Å². The molecule has 0 fully saturated rings. The minimum absolute atomic E-state index is 0.0604. The van der Waals surface area contributed by atoms with Gasteiger partial charge in [-0.25, -0.2) is 9.88 Å². The van der Waals surface area contributed by atoms with Gasteiger partial charge in [-0.2, -0.15) is 0 Å². The predicted octanol–water partition coefficient (Wildman–Crippen LogP) is 2.31. The number of amides is 1. The molecule has 2 rings (SSSR count). The molecule has 0 heterocycles. The van der Waals surface area contributed by atoms with E-state index >= 15 is 0 Å². The van der Waals surface area contributed by atoms with Crippen LogP contribution >= 0.6 is 7.52 Å². The van der Waals surface area contributed by atoms with E-state index in [1.165, 1.54) is 12.1 Å². The first-order chi connectivity index (χ1) is 13.7. The topological polar surface area (TPSA) is 116 Å². The van der Waals surface area contributed by atoms with E-state index in [-0.39, 0.29) is 24.1 Å². The molecule has 0 saturated heterocycles. The van der Waals surface area contributed by atoms with Crippen LogP contribution in [0.5, 0.6) is 0 Å². The van der Waals surface area contributed by atoms with Crippen molar-refractivity contribution in [2.75, 3.05) is 0 Å². The maximum Gasteiger partial charge on any atom is 0.326 e. The quantitative estimate of drug-likeness (QED) is 0.440. The van der Waals surface area contributed by atoms with Gasteiger partial charge in [0, 0.05) is 0 Å². The van der Waals surface area contributed by atoms with Crippen LogP contribution in [0.2, 0.25) is 0 Å². The summed E-state index contributed by atoms with van der Waals surface area (Å²) in [6.07, 6.45) is 0.396. The molecule has 29 heavy (non-hydrogen) atoms. The van der Waals surface area contributed by atoms with Crippen LogP contribution in [0.1, 0.15) is 25.8 Å². The maximum absolute atomic E-state index is 12.9. The molecule has 0 saturated carbocycles. The summed E-state index contributed by atoms with van der Waals surface area (Å²) < 4.78 is 12.9. The van der Waals surface area contributed by atoms with Crippen LogP contribution in [0.3, 0.4) is 0 Å². The van der Waals surface area contributed by atoms with Gasteiger partial charge in [-0.1, -0.05) is 62.4 Å². The molecule has 0 radical (unpaired) electrons. The van der Waals surface area contributed by atoms with Crippen molar-refractivity contribution < 1.29 is 24.2 Å². The van der Waals surface area contributed by atoms with Crippen molar-refractivity contribution in [3.05, 3.63) is 66.2 Å². The summed E-state index contributed by atoms with van der Waals surface area (Å²) >= 11 is 0. The molecule has 4 N–H and O–H groups in total. The van der Waals surface area contributed by atoms with Gasteiger partial charge in [-0.3, -0.25) is 9.36 Å². The number of carbonyl (C=O) groups excluding carboxylic acids is 1. The fourth-order valence-electron chi connectivity index (χ4n) is 2.93. The van der Waals surface area contributed by atoms with E-state index in [0.29, 0.717) is 0 Å². The van der Waals surface area contributed by atoms with Crippen LogP contribution in [0.4, 0.5) is 0 Å². The van der Waals surface area contributed by atoms with Crippen molar-refractivity contribution in [3.8, 4) is 0 Å². The monoisotopic (exact) mass is 418 g/mol. The van der Waals surface area contributed by atoms with Crippen LogP contribution < -0.4 is 15.7 Å². The van der Waals surface area contributed by atoms with Crippen molar-refractivity contribution >= 4 is 24.7 Å². The lowest BCUT2D eigenvalue weighted by molar-refractivity contribution is -0.142. The molecule has 0 aliphatic carbocycles. The SMILES string of the molecule is CC(C)C[C@H](NC(=O)[C@H](Cc1ccccc1)NP(=O)(O)c1ccccc1)C(=O)O. The minimum Gasteiger partial charge on any atom is -0.480 e. The van der Waals surface area contributed by atoms with Crippen LogP contribution in [0, 0.1) is 5.92 Å². The van der Waals surface area contributed by atoms with Crippen molar-refractivity contribution in [3.63, 3.8) is 0 Å². The van der Waals surface area contributed by atoms with Gasteiger partial charge in [0.15, 0.2) is 0 Å². The summed E-state index contributed by atoms with van der Waals surface area (Å²) in [7, 11) is -4.04. The van der Waals surface area contributed by atoms with Crippen LogP contribution in [-0.4, -0.2) is 34.0 Å². The smallest absolute Gasteiger partial charge is 0.326 e. The van der Waals surface area contributed by atoms with Crippen molar-refractivity contribution in [2.45, 2.75) is 38.8 Å². The number of hydrogen-bond donors (Lipinski definition) is 4. The second-order valence-corrected chi connectivity index (χ2v) is 9.24. The molecule has 2 aromatic carbocycles. The Morgan fingerprint density at radius 2 is 1.52 bits per heavy atom. The number of aliphatic carboxylic acids is 1. The highest BCUT2D eigenvalue weighted by Gasteiger charge is 2.32. The minimum atomic E-state index is -4.04. The predicted molar refractivity (Wildman–Crippen MR) is 112 cm³/mol.